The molecule has 0 aromatic carbocycles. The average Bonchev–Trinajstić information content (AvgIpc) is 2.35. The first-order valence-electron chi connectivity index (χ1n) is 4.16. The Balaban J connectivity index is 2.34. The Labute approximate surface area is 72.0 Å². The summed E-state index contributed by atoms with van der Waals surface area (Å²) in [5.41, 5.74) is 0. The van der Waals surface area contributed by atoms with Gasteiger partial charge >= 0.3 is 5.97 Å². The number of aliphatic hydroxyl groups excluding tert-OH is 1. The Hall–Kier alpha value is -0.830. The van der Waals surface area contributed by atoms with Crippen LogP contribution in [0.2, 0.25) is 0 Å². The van der Waals surface area contributed by atoms with E-state index in [2.05, 4.69) is 0 Å². The molecular weight excluding hydrogens is 156 g/mol. The fourth-order valence-electron chi connectivity index (χ4n) is 1.02. The van der Waals surface area contributed by atoms with E-state index in [1.165, 1.54) is 0 Å². The van der Waals surface area contributed by atoms with Crippen LogP contribution in [0, 0.1) is 5.92 Å². The third-order valence-corrected chi connectivity index (χ3v) is 1.76. The van der Waals surface area contributed by atoms with Gasteiger partial charge in [0.15, 0.2) is 0 Å². The Morgan fingerprint density at radius 2 is 2.25 bits per heavy atom. The first kappa shape index (κ1) is 9.26. The lowest BCUT2D eigenvalue weighted by molar-refractivity contribution is -0.151. The van der Waals surface area contributed by atoms with Gasteiger partial charge < -0.3 is 9.84 Å². The Bertz CT molecular complexity index is 196. The summed E-state index contributed by atoms with van der Waals surface area (Å²) in [5, 5.41) is 9.07. The minimum atomic E-state index is -0.449. The maximum absolute atomic E-state index is 11.1. The van der Waals surface area contributed by atoms with Gasteiger partial charge in [0.1, 0.15) is 6.10 Å². The lowest BCUT2D eigenvalue weighted by Crippen LogP contribution is -2.20. The second kappa shape index (κ2) is 3.72. The van der Waals surface area contributed by atoms with E-state index in [1.54, 1.807) is 26.0 Å². The van der Waals surface area contributed by atoms with Gasteiger partial charge in [-0.15, -0.1) is 0 Å². The van der Waals surface area contributed by atoms with Crippen molar-refractivity contribution < 1.29 is 14.6 Å². The topological polar surface area (TPSA) is 46.5 Å². The number of esters is 1. The second-order valence-corrected chi connectivity index (χ2v) is 3.32. The molecule has 0 aliphatic heterocycles. The fraction of sp³-hybridized carbons (Fsp3) is 0.667. The molecule has 1 rings (SSSR count). The number of aliphatic hydroxyl groups is 1. The van der Waals surface area contributed by atoms with Crippen LogP contribution in [-0.4, -0.2) is 23.3 Å². The Morgan fingerprint density at radius 1 is 1.58 bits per heavy atom. The predicted octanol–water partition coefficient (Wildman–Crippen LogP) is 0.875. The minimum absolute atomic E-state index is 0.101. The third-order valence-electron chi connectivity index (χ3n) is 1.76. The molecule has 1 aliphatic rings. The summed E-state index contributed by atoms with van der Waals surface area (Å²) in [4.78, 5) is 11.1. The number of hydrogen-bond donors (Lipinski definition) is 1. The molecule has 3 nitrogen and oxygen atoms in total. The van der Waals surface area contributed by atoms with E-state index in [1.807, 2.05) is 0 Å². The monoisotopic (exact) mass is 170 g/mol. The number of ether oxygens (including phenoxy) is 1. The smallest absolute Gasteiger partial charge is 0.308 e. The van der Waals surface area contributed by atoms with Crippen molar-refractivity contribution in [2.45, 2.75) is 32.5 Å². The summed E-state index contributed by atoms with van der Waals surface area (Å²) >= 11 is 0. The standard InChI is InChI=1S/C9H14O3/c1-6(2)9(11)12-8-4-3-7(10)5-8/h3-4,6-8,10H,5H2,1-2H3/t7-,8+/m0/s1. The maximum Gasteiger partial charge on any atom is 0.308 e. The number of carbonyl (C=O) groups excluding carboxylic acids is 1. The van der Waals surface area contributed by atoms with Gasteiger partial charge in [0.2, 0.25) is 0 Å². The van der Waals surface area contributed by atoms with Crippen molar-refractivity contribution in [1.82, 2.24) is 0 Å². The van der Waals surface area contributed by atoms with Crippen LogP contribution in [0.15, 0.2) is 12.2 Å². The highest BCUT2D eigenvalue weighted by atomic mass is 16.5. The molecule has 0 aromatic rings. The Kier molecular flexibility index (Phi) is 2.87. The molecule has 68 valence electrons. The second-order valence-electron chi connectivity index (χ2n) is 3.32. The van der Waals surface area contributed by atoms with Gasteiger partial charge in [-0.1, -0.05) is 19.9 Å². The first-order valence-corrected chi connectivity index (χ1v) is 4.16. The average molecular weight is 170 g/mol. The molecule has 0 radical (unpaired) electrons. The van der Waals surface area contributed by atoms with E-state index in [9.17, 15) is 4.79 Å². The number of rotatable bonds is 2. The van der Waals surface area contributed by atoms with E-state index in [4.69, 9.17) is 9.84 Å². The van der Waals surface area contributed by atoms with Crippen molar-refractivity contribution in [3.8, 4) is 0 Å². The van der Waals surface area contributed by atoms with E-state index in [-0.39, 0.29) is 18.0 Å². The summed E-state index contributed by atoms with van der Waals surface area (Å²) in [6.07, 6.45) is 3.20. The zero-order chi connectivity index (χ0) is 9.14. The molecule has 0 bridgehead atoms. The molecule has 2 atom stereocenters. The van der Waals surface area contributed by atoms with Crippen LogP contribution in [-0.2, 0) is 9.53 Å². The van der Waals surface area contributed by atoms with E-state index in [0.717, 1.165) is 0 Å². The molecule has 12 heavy (non-hydrogen) atoms. The minimum Gasteiger partial charge on any atom is -0.458 e. The first-order chi connectivity index (χ1) is 5.59. The molecule has 0 saturated carbocycles. The SMILES string of the molecule is CC(C)C(=O)O[C@@H]1C=C[C@H](O)C1. The molecular formula is C9H14O3. The van der Waals surface area contributed by atoms with Crippen LogP contribution in [0.5, 0.6) is 0 Å². The van der Waals surface area contributed by atoms with E-state index >= 15 is 0 Å². The van der Waals surface area contributed by atoms with Crippen molar-refractivity contribution in [2.24, 2.45) is 5.92 Å². The highest BCUT2D eigenvalue weighted by molar-refractivity contribution is 5.71. The van der Waals surface area contributed by atoms with Crippen LogP contribution in [0.3, 0.4) is 0 Å². The van der Waals surface area contributed by atoms with Crippen LogP contribution >= 0.6 is 0 Å². The van der Waals surface area contributed by atoms with Crippen LogP contribution < -0.4 is 0 Å². The van der Waals surface area contributed by atoms with E-state index < -0.39 is 6.10 Å². The quantitative estimate of drug-likeness (QED) is 0.494. The zero-order valence-corrected chi connectivity index (χ0v) is 7.36. The molecule has 0 spiro atoms. The van der Waals surface area contributed by atoms with Gasteiger partial charge in [-0.2, -0.15) is 0 Å². The molecule has 3 heteroatoms. The molecule has 0 saturated heterocycles. The number of carbonyl (C=O) groups is 1. The fourth-order valence-corrected chi connectivity index (χ4v) is 1.02. The van der Waals surface area contributed by atoms with Crippen molar-refractivity contribution in [2.75, 3.05) is 0 Å². The van der Waals surface area contributed by atoms with Crippen LogP contribution in [0.1, 0.15) is 20.3 Å². The maximum atomic E-state index is 11.1. The van der Waals surface area contributed by atoms with Crippen molar-refractivity contribution in [1.29, 1.82) is 0 Å². The van der Waals surface area contributed by atoms with Gasteiger partial charge in [-0.3, -0.25) is 4.79 Å². The molecule has 0 aromatic heterocycles. The number of hydrogen-bond acceptors (Lipinski definition) is 3. The van der Waals surface area contributed by atoms with Crippen LogP contribution in [0.4, 0.5) is 0 Å². The van der Waals surface area contributed by atoms with Gasteiger partial charge in [0, 0.05) is 6.42 Å². The van der Waals surface area contributed by atoms with Gasteiger partial charge in [-0.05, 0) is 6.08 Å². The normalized spacial score (nSPS) is 28.0. The van der Waals surface area contributed by atoms with Gasteiger partial charge in [-0.25, -0.2) is 0 Å². The molecule has 0 amide bonds. The van der Waals surface area contributed by atoms with Crippen molar-refractivity contribution >= 4 is 5.97 Å². The van der Waals surface area contributed by atoms with Gasteiger partial charge in [0.05, 0.1) is 12.0 Å². The molecule has 0 fully saturated rings. The lowest BCUT2D eigenvalue weighted by Gasteiger charge is -2.12. The molecule has 0 heterocycles. The summed E-state index contributed by atoms with van der Waals surface area (Å²) < 4.78 is 5.06. The summed E-state index contributed by atoms with van der Waals surface area (Å²) in [6, 6.07) is 0. The van der Waals surface area contributed by atoms with Crippen molar-refractivity contribution in [3.63, 3.8) is 0 Å². The summed E-state index contributed by atoms with van der Waals surface area (Å²) in [6.45, 7) is 3.58. The summed E-state index contributed by atoms with van der Waals surface area (Å²) in [7, 11) is 0. The lowest BCUT2D eigenvalue weighted by atomic mass is 10.2. The Morgan fingerprint density at radius 3 is 2.67 bits per heavy atom. The van der Waals surface area contributed by atoms with Crippen molar-refractivity contribution in [3.05, 3.63) is 12.2 Å². The van der Waals surface area contributed by atoms with Gasteiger partial charge in [0.25, 0.3) is 0 Å². The predicted molar refractivity (Wildman–Crippen MR) is 44.5 cm³/mol. The van der Waals surface area contributed by atoms with Crippen LogP contribution in [0.25, 0.3) is 0 Å². The molecule has 1 N–H and O–H groups in total. The van der Waals surface area contributed by atoms with E-state index in [0.29, 0.717) is 6.42 Å². The molecule has 1 aliphatic carbocycles. The summed E-state index contributed by atoms with van der Waals surface area (Å²) in [5.74, 6) is -0.310. The largest absolute Gasteiger partial charge is 0.458 e. The zero-order valence-electron chi connectivity index (χ0n) is 7.36. The highest BCUT2D eigenvalue weighted by Gasteiger charge is 2.21. The third kappa shape index (κ3) is 2.34. The highest BCUT2D eigenvalue weighted by Crippen LogP contribution is 2.15. The molecule has 0 unspecified atom stereocenters.